The minimum Gasteiger partial charge on any atom is -0.321 e. The number of nitrogens with one attached hydrogen (secondary N) is 1. The fraction of sp³-hybridized carbons (Fsp3) is 0.0476. The van der Waals surface area contributed by atoms with Gasteiger partial charge in [-0.3, -0.25) is 4.79 Å². The largest absolute Gasteiger partial charge is 0.321 e. The molecule has 0 aliphatic heterocycles. The van der Waals surface area contributed by atoms with E-state index < -0.39 is 5.91 Å². The van der Waals surface area contributed by atoms with Crippen LogP contribution in [0.25, 0.3) is 16.8 Å². The first kappa shape index (κ1) is 15.5. The number of anilines is 1. The lowest BCUT2D eigenvalue weighted by Gasteiger charge is -2.05. The third kappa shape index (κ3) is 3.50. The topological polar surface area (TPSA) is 52.9 Å². The molecule has 1 amide bonds. The molecule has 0 unspecified atom stereocenters. The van der Waals surface area contributed by atoms with Gasteiger partial charge < -0.3 is 5.32 Å². The van der Waals surface area contributed by atoms with Gasteiger partial charge in [0, 0.05) is 5.69 Å². The van der Waals surface area contributed by atoms with Crippen molar-refractivity contribution < 1.29 is 4.79 Å². The van der Waals surface area contributed by atoms with E-state index in [4.69, 9.17) is 0 Å². The third-order valence-corrected chi connectivity index (χ3v) is 3.73. The number of hydrogen-bond donors (Lipinski definition) is 1. The summed E-state index contributed by atoms with van der Waals surface area (Å²) in [4.78, 5) is 12.3. The van der Waals surface area contributed by atoms with Gasteiger partial charge in [-0.25, -0.2) is 0 Å². The highest BCUT2D eigenvalue weighted by molar-refractivity contribution is 6.09. The number of nitrogens with zero attached hydrogens (tertiary/aromatic N) is 1. The molecule has 3 aromatic rings. The lowest BCUT2D eigenvalue weighted by Crippen LogP contribution is -2.13. The van der Waals surface area contributed by atoms with Crippen molar-refractivity contribution in [2.75, 3.05) is 5.32 Å². The summed E-state index contributed by atoms with van der Waals surface area (Å²) in [6.45, 7) is 1.95. The van der Waals surface area contributed by atoms with Crippen molar-refractivity contribution in [2.24, 2.45) is 0 Å². The zero-order valence-corrected chi connectivity index (χ0v) is 13.3. The molecule has 24 heavy (non-hydrogen) atoms. The number of fused-ring (bicyclic) bond motifs is 1. The Morgan fingerprint density at radius 2 is 1.79 bits per heavy atom. The Bertz CT molecular complexity index is 980. The lowest BCUT2D eigenvalue weighted by molar-refractivity contribution is -0.112. The van der Waals surface area contributed by atoms with E-state index in [0.717, 1.165) is 21.9 Å². The number of carbonyl (C=O) groups is 1. The van der Waals surface area contributed by atoms with E-state index in [1.54, 1.807) is 12.1 Å². The molecule has 116 valence electrons. The molecule has 0 heterocycles. The van der Waals surface area contributed by atoms with Crippen LogP contribution in [0.15, 0.2) is 72.3 Å². The summed E-state index contributed by atoms with van der Waals surface area (Å²) < 4.78 is 0. The van der Waals surface area contributed by atoms with Gasteiger partial charge in [0.05, 0.1) is 0 Å². The maximum Gasteiger partial charge on any atom is 0.266 e. The highest BCUT2D eigenvalue weighted by Gasteiger charge is 2.09. The molecule has 0 bridgehead atoms. The molecule has 3 heteroatoms. The molecule has 0 aromatic heterocycles. The van der Waals surface area contributed by atoms with Gasteiger partial charge in [0.2, 0.25) is 0 Å². The van der Waals surface area contributed by atoms with Gasteiger partial charge in [-0.05, 0) is 53.1 Å². The number of rotatable bonds is 3. The van der Waals surface area contributed by atoms with Gasteiger partial charge in [-0.1, -0.05) is 48.5 Å². The summed E-state index contributed by atoms with van der Waals surface area (Å²) in [5.74, 6) is -0.406. The summed E-state index contributed by atoms with van der Waals surface area (Å²) in [7, 11) is 0. The molecule has 0 saturated carbocycles. The predicted octanol–water partition coefficient (Wildman–Crippen LogP) is 4.69. The first-order valence-electron chi connectivity index (χ1n) is 7.64. The van der Waals surface area contributed by atoms with Crippen LogP contribution in [-0.4, -0.2) is 5.91 Å². The molecule has 0 spiro atoms. The van der Waals surface area contributed by atoms with Crippen LogP contribution in [0.3, 0.4) is 0 Å². The maximum atomic E-state index is 12.3. The Morgan fingerprint density at radius 1 is 1.00 bits per heavy atom. The molecular formula is C21H16N2O. The van der Waals surface area contributed by atoms with Gasteiger partial charge in [0.1, 0.15) is 11.6 Å². The Balaban J connectivity index is 1.87. The second-order valence-corrected chi connectivity index (χ2v) is 5.60. The summed E-state index contributed by atoms with van der Waals surface area (Å²) in [6.07, 6.45) is 1.61. The maximum absolute atomic E-state index is 12.3. The Hall–Kier alpha value is -3.38. The Kier molecular flexibility index (Phi) is 4.40. The number of benzene rings is 3. The Morgan fingerprint density at radius 3 is 2.54 bits per heavy atom. The van der Waals surface area contributed by atoms with Crippen LogP contribution in [0, 0.1) is 18.3 Å². The normalized spacial score (nSPS) is 11.1. The van der Waals surface area contributed by atoms with E-state index in [-0.39, 0.29) is 5.57 Å². The smallest absolute Gasteiger partial charge is 0.266 e. The minimum absolute atomic E-state index is 0.0757. The third-order valence-electron chi connectivity index (χ3n) is 3.73. The lowest BCUT2D eigenvalue weighted by atomic mass is 10.0. The summed E-state index contributed by atoms with van der Waals surface area (Å²) in [6, 6.07) is 23.3. The van der Waals surface area contributed by atoms with E-state index in [9.17, 15) is 10.1 Å². The van der Waals surface area contributed by atoms with E-state index in [1.807, 2.05) is 73.7 Å². The molecule has 0 atom stereocenters. The van der Waals surface area contributed by atoms with E-state index in [0.29, 0.717) is 5.69 Å². The molecule has 0 radical (unpaired) electrons. The van der Waals surface area contributed by atoms with Crippen molar-refractivity contribution in [3.63, 3.8) is 0 Å². The number of carbonyl (C=O) groups excluding carboxylic acids is 1. The quantitative estimate of drug-likeness (QED) is 0.563. The zero-order valence-electron chi connectivity index (χ0n) is 13.3. The van der Waals surface area contributed by atoms with Crippen molar-refractivity contribution in [2.45, 2.75) is 6.92 Å². The van der Waals surface area contributed by atoms with Crippen molar-refractivity contribution in [1.82, 2.24) is 0 Å². The molecule has 0 aliphatic carbocycles. The molecule has 3 aromatic carbocycles. The Labute approximate surface area is 140 Å². The molecule has 0 saturated heterocycles. The van der Waals surface area contributed by atoms with E-state index >= 15 is 0 Å². The van der Waals surface area contributed by atoms with Crippen LogP contribution in [0.2, 0.25) is 0 Å². The van der Waals surface area contributed by atoms with Crippen molar-refractivity contribution in [3.05, 3.63) is 83.4 Å². The zero-order chi connectivity index (χ0) is 16.9. The van der Waals surface area contributed by atoms with Gasteiger partial charge in [-0.2, -0.15) is 5.26 Å². The number of aryl methyl sites for hydroxylation is 1. The highest BCUT2D eigenvalue weighted by atomic mass is 16.1. The van der Waals surface area contributed by atoms with Gasteiger partial charge in [-0.15, -0.1) is 0 Å². The predicted molar refractivity (Wildman–Crippen MR) is 97.3 cm³/mol. The summed E-state index contributed by atoms with van der Waals surface area (Å²) >= 11 is 0. The fourth-order valence-electron chi connectivity index (χ4n) is 2.53. The van der Waals surface area contributed by atoms with E-state index in [2.05, 4.69) is 5.32 Å². The number of hydrogen-bond acceptors (Lipinski definition) is 2. The molecular weight excluding hydrogens is 296 g/mol. The van der Waals surface area contributed by atoms with Crippen LogP contribution < -0.4 is 5.32 Å². The van der Waals surface area contributed by atoms with Gasteiger partial charge >= 0.3 is 0 Å². The second kappa shape index (κ2) is 6.80. The second-order valence-electron chi connectivity index (χ2n) is 5.60. The van der Waals surface area contributed by atoms with Crippen LogP contribution >= 0.6 is 0 Å². The SMILES string of the molecule is Cc1cccc(NC(=O)/C(C#N)=C/c2ccc3ccccc3c2)c1. The average Bonchev–Trinajstić information content (AvgIpc) is 2.59. The van der Waals surface area contributed by atoms with Gasteiger partial charge in [0.15, 0.2) is 0 Å². The summed E-state index contributed by atoms with van der Waals surface area (Å²) in [5.41, 5.74) is 2.63. The molecule has 1 N–H and O–H groups in total. The van der Waals surface area contributed by atoms with Crippen LogP contribution in [0.4, 0.5) is 5.69 Å². The van der Waals surface area contributed by atoms with Crippen molar-refractivity contribution >= 4 is 28.4 Å². The molecule has 0 aliphatic rings. The van der Waals surface area contributed by atoms with Crippen LogP contribution in [-0.2, 0) is 4.79 Å². The van der Waals surface area contributed by atoms with Crippen LogP contribution in [0.1, 0.15) is 11.1 Å². The minimum atomic E-state index is -0.406. The fourth-order valence-corrected chi connectivity index (χ4v) is 2.53. The summed E-state index contributed by atoms with van der Waals surface area (Å²) in [5, 5.41) is 14.3. The van der Waals surface area contributed by atoms with Crippen molar-refractivity contribution in [3.8, 4) is 6.07 Å². The van der Waals surface area contributed by atoms with Crippen LogP contribution in [0.5, 0.6) is 0 Å². The molecule has 3 nitrogen and oxygen atoms in total. The van der Waals surface area contributed by atoms with Gasteiger partial charge in [0.25, 0.3) is 5.91 Å². The van der Waals surface area contributed by atoms with E-state index in [1.165, 1.54) is 0 Å². The highest BCUT2D eigenvalue weighted by Crippen LogP contribution is 2.18. The number of nitriles is 1. The monoisotopic (exact) mass is 312 g/mol. The molecule has 0 fully saturated rings. The van der Waals surface area contributed by atoms with Crippen molar-refractivity contribution in [1.29, 1.82) is 5.26 Å². The first-order valence-corrected chi connectivity index (χ1v) is 7.64. The number of amides is 1. The average molecular weight is 312 g/mol. The standard InChI is InChI=1S/C21H16N2O/c1-15-5-4-8-20(11-15)23-21(24)19(14-22)13-16-9-10-17-6-2-3-7-18(17)12-16/h2-13H,1H3,(H,23,24)/b19-13+. The first-order chi connectivity index (χ1) is 11.7. The molecule has 3 rings (SSSR count).